The Morgan fingerprint density at radius 1 is 0.895 bits per heavy atom. The molecular formula is C28H35N3O7. The van der Waals surface area contributed by atoms with Gasteiger partial charge in [0, 0.05) is 49.7 Å². The maximum absolute atomic E-state index is 12.6. The number of rotatable bonds is 13. The zero-order chi connectivity index (χ0) is 27.7. The lowest BCUT2D eigenvalue weighted by Crippen LogP contribution is -2.36. The van der Waals surface area contributed by atoms with Crippen molar-refractivity contribution in [2.24, 2.45) is 0 Å². The average Bonchev–Trinajstić information content (AvgIpc) is 2.93. The fourth-order valence-corrected chi connectivity index (χ4v) is 4.14. The number of nitrogens with zero attached hydrogens (tertiary/aromatic N) is 1. The molecule has 2 amide bonds. The van der Waals surface area contributed by atoms with Crippen LogP contribution in [0.25, 0.3) is 11.0 Å². The van der Waals surface area contributed by atoms with Crippen LogP contribution >= 0.6 is 0 Å². The number of anilines is 1. The molecule has 2 aromatic carbocycles. The zero-order valence-corrected chi connectivity index (χ0v) is 22.5. The fraction of sp³-hybridized carbons (Fsp3) is 0.393. The molecule has 0 saturated heterocycles. The topological polar surface area (TPSA) is 119 Å². The molecule has 0 aliphatic heterocycles. The summed E-state index contributed by atoms with van der Waals surface area (Å²) < 4.78 is 21.4. The molecule has 204 valence electrons. The third-order valence-corrected chi connectivity index (χ3v) is 6.19. The Balaban J connectivity index is 1.52. The predicted molar refractivity (Wildman–Crippen MR) is 146 cm³/mol. The minimum absolute atomic E-state index is 0.0817. The number of methoxy groups -OCH3 is 3. The Hall–Kier alpha value is -4.21. The van der Waals surface area contributed by atoms with Crippen molar-refractivity contribution in [2.75, 3.05) is 52.4 Å². The van der Waals surface area contributed by atoms with Gasteiger partial charge in [0.15, 0.2) is 11.5 Å². The van der Waals surface area contributed by atoms with E-state index in [1.165, 1.54) is 27.4 Å². The number of hydrogen-bond donors (Lipinski definition) is 2. The molecule has 0 aliphatic carbocycles. The van der Waals surface area contributed by atoms with Crippen LogP contribution in [0.2, 0.25) is 0 Å². The van der Waals surface area contributed by atoms with Crippen molar-refractivity contribution in [3.8, 4) is 17.2 Å². The van der Waals surface area contributed by atoms with Gasteiger partial charge in [-0.2, -0.15) is 0 Å². The molecule has 0 unspecified atom stereocenters. The maximum atomic E-state index is 12.6. The first kappa shape index (κ1) is 28.4. The van der Waals surface area contributed by atoms with Crippen LogP contribution in [0.3, 0.4) is 0 Å². The summed E-state index contributed by atoms with van der Waals surface area (Å²) >= 11 is 0. The maximum Gasteiger partial charge on any atom is 0.349 e. The van der Waals surface area contributed by atoms with E-state index >= 15 is 0 Å². The van der Waals surface area contributed by atoms with Gasteiger partial charge in [0.2, 0.25) is 11.7 Å². The Labute approximate surface area is 221 Å². The molecule has 0 bridgehead atoms. The van der Waals surface area contributed by atoms with Gasteiger partial charge < -0.3 is 34.2 Å². The van der Waals surface area contributed by atoms with Gasteiger partial charge in [-0.3, -0.25) is 9.59 Å². The molecule has 3 rings (SSSR count). The molecule has 0 radical (unpaired) electrons. The SMILES string of the molecule is CCN(CC)c1ccc2cc(C(=O)NCCNC(=O)CCc3cc(OC)c(OC)c(OC)c3)c(=O)oc2c1. The summed E-state index contributed by atoms with van der Waals surface area (Å²) in [5, 5.41) is 6.08. The summed E-state index contributed by atoms with van der Waals surface area (Å²) in [4.78, 5) is 39.5. The summed E-state index contributed by atoms with van der Waals surface area (Å²) in [6, 6.07) is 10.7. The number of carbonyl (C=O) groups excluding carboxylic acids is 2. The highest BCUT2D eigenvalue weighted by Crippen LogP contribution is 2.38. The van der Waals surface area contributed by atoms with Crippen LogP contribution in [-0.2, 0) is 11.2 Å². The van der Waals surface area contributed by atoms with E-state index in [1.54, 1.807) is 18.2 Å². The molecular weight excluding hydrogens is 490 g/mol. The molecule has 10 nitrogen and oxygen atoms in total. The second-order valence-corrected chi connectivity index (χ2v) is 8.48. The fourth-order valence-electron chi connectivity index (χ4n) is 4.14. The Morgan fingerprint density at radius 3 is 2.16 bits per heavy atom. The minimum Gasteiger partial charge on any atom is -0.493 e. The lowest BCUT2D eigenvalue weighted by Gasteiger charge is -2.21. The quantitative estimate of drug-likeness (QED) is 0.258. The average molecular weight is 526 g/mol. The van der Waals surface area contributed by atoms with Crippen molar-refractivity contribution in [1.82, 2.24) is 10.6 Å². The summed E-state index contributed by atoms with van der Waals surface area (Å²) in [6.07, 6.45) is 0.694. The highest BCUT2D eigenvalue weighted by atomic mass is 16.5. The molecule has 0 fully saturated rings. The Bertz CT molecular complexity index is 1310. The highest BCUT2D eigenvalue weighted by molar-refractivity contribution is 5.97. The molecule has 1 aromatic heterocycles. The zero-order valence-electron chi connectivity index (χ0n) is 22.5. The highest BCUT2D eigenvalue weighted by Gasteiger charge is 2.16. The first-order chi connectivity index (χ1) is 18.3. The Morgan fingerprint density at radius 2 is 1.55 bits per heavy atom. The van der Waals surface area contributed by atoms with E-state index < -0.39 is 11.5 Å². The number of fused-ring (bicyclic) bond motifs is 1. The van der Waals surface area contributed by atoms with E-state index in [2.05, 4.69) is 29.4 Å². The van der Waals surface area contributed by atoms with E-state index in [1.807, 2.05) is 12.1 Å². The second-order valence-electron chi connectivity index (χ2n) is 8.48. The molecule has 0 spiro atoms. The van der Waals surface area contributed by atoms with Crippen molar-refractivity contribution >= 4 is 28.5 Å². The normalized spacial score (nSPS) is 10.7. The third kappa shape index (κ3) is 6.76. The van der Waals surface area contributed by atoms with Crippen LogP contribution in [0, 0.1) is 0 Å². The van der Waals surface area contributed by atoms with E-state index in [4.69, 9.17) is 18.6 Å². The number of aryl methyl sites for hydroxylation is 1. The van der Waals surface area contributed by atoms with E-state index in [0.717, 1.165) is 24.3 Å². The number of benzene rings is 2. The predicted octanol–water partition coefficient (Wildman–Crippen LogP) is 3.14. The number of carbonyl (C=O) groups is 2. The number of hydrogen-bond acceptors (Lipinski definition) is 8. The summed E-state index contributed by atoms with van der Waals surface area (Å²) in [6.45, 7) is 6.13. The lowest BCUT2D eigenvalue weighted by molar-refractivity contribution is -0.121. The van der Waals surface area contributed by atoms with Gasteiger partial charge in [0.25, 0.3) is 5.91 Å². The number of amides is 2. The van der Waals surface area contributed by atoms with Crippen molar-refractivity contribution in [3.63, 3.8) is 0 Å². The van der Waals surface area contributed by atoms with Crippen molar-refractivity contribution < 1.29 is 28.2 Å². The van der Waals surface area contributed by atoms with Gasteiger partial charge in [0.1, 0.15) is 11.1 Å². The monoisotopic (exact) mass is 525 g/mol. The molecule has 1 heterocycles. The third-order valence-electron chi connectivity index (χ3n) is 6.19. The van der Waals surface area contributed by atoms with Crippen LogP contribution in [0.1, 0.15) is 36.2 Å². The standard InChI is InChI=1S/C28H35N3O7/c1-6-31(7-2)20-10-9-19-16-21(28(34)38-22(19)17-20)27(33)30-13-12-29-25(32)11-8-18-14-23(35-3)26(37-5)24(15-18)36-4/h9-10,14-17H,6-8,11-13H2,1-5H3,(H,29,32)(H,30,33). The van der Waals surface area contributed by atoms with Gasteiger partial charge in [0.05, 0.1) is 21.3 Å². The molecule has 0 atom stereocenters. The number of nitrogens with one attached hydrogen (secondary N) is 2. The Kier molecular flexibility index (Phi) is 9.98. The van der Waals surface area contributed by atoms with Gasteiger partial charge in [-0.25, -0.2) is 4.79 Å². The lowest BCUT2D eigenvalue weighted by atomic mass is 10.1. The molecule has 2 N–H and O–H groups in total. The largest absolute Gasteiger partial charge is 0.493 e. The first-order valence-corrected chi connectivity index (χ1v) is 12.5. The number of ether oxygens (including phenoxy) is 3. The molecule has 38 heavy (non-hydrogen) atoms. The van der Waals surface area contributed by atoms with Crippen LogP contribution in [-0.4, -0.2) is 59.3 Å². The van der Waals surface area contributed by atoms with Crippen molar-refractivity contribution in [1.29, 1.82) is 0 Å². The van der Waals surface area contributed by atoms with Crippen molar-refractivity contribution in [2.45, 2.75) is 26.7 Å². The summed E-state index contributed by atoms with van der Waals surface area (Å²) in [7, 11) is 4.60. The smallest absolute Gasteiger partial charge is 0.349 e. The van der Waals surface area contributed by atoms with E-state index in [9.17, 15) is 14.4 Å². The van der Waals surface area contributed by atoms with Crippen LogP contribution in [0.4, 0.5) is 5.69 Å². The first-order valence-electron chi connectivity index (χ1n) is 12.5. The van der Waals surface area contributed by atoms with Gasteiger partial charge in [-0.15, -0.1) is 0 Å². The second kappa shape index (κ2) is 13.4. The van der Waals surface area contributed by atoms with Gasteiger partial charge in [-0.1, -0.05) is 0 Å². The van der Waals surface area contributed by atoms with Crippen molar-refractivity contribution in [3.05, 3.63) is 57.9 Å². The minimum atomic E-state index is -0.707. The van der Waals surface area contributed by atoms with E-state index in [-0.39, 0.29) is 31.0 Å². The molecule has 0 saturated carbocycles. The van der Waals surface area contributed by atoms with Crippen LogP contribution in [0.5, 0.6) is 17.2 Å². The van der Waals surface area contributed by atoms with E-state index in [0.29, 0.717) is 34.6 Å². The molecule has 10 heteroatoms. The molecule has 3 aromatic rings. The van der Waals surface area contributed by atoms with Gasteiger partial charge >= 0.3 is 5.63 Å². The van der Waals surface area contributed by atoms with Crippen LogP contribution in [0.15, 0.2) is 45.6 Å². The summed E-state index contributed by atoms with van der Waals surface area (Å²) in [5.74, 6) is 0.797. The summed E-state index contributed by atoms with van der Waals surface area (Å²) in [5.41, 5.74) is 1.44. The molecule has 0 aliphatic rings. The van der Waals surface area contributed by atoms with Crippen LogP contribution < -0.4 is 35.4 Å². The van der Waals surface area contributed by atoms with Gasteiger partial charge in [-0.05, 0) is 56.2 Å².